The molecular weight excluding hydrogens is 351 g/mol. The first-order valence-electron chi connectivity index (χ1n) is 11.4. The van der Waals surface area contributed by atoms with E-state index in [0.29, 0.717) is 50.9 Å². The summed E-state index contributed by atoms with van der Waals surface area (Å²) in [6.45, 7) is 1.58. The number of likely N-dealkylation sites (tertiary alicyclic amines) is 1. The monoisotopic (exact) mass is 386 g/mol. The van der Waals surface area contributed by atoms with Crippen molar-refractivity contribution in [1.29, 1.82) is 0 Å². The fourth-order valence-electron chi connectivity index (χ4n) is 5.10. The molecule has 1 aliphatic heterocycles. The number of hydrogen-bond acceptors (Lipinski definition) is 2. The number of carbonyl (C=O) groups excluding carboxylic acids is 1. The quantitative estimate of drug-likeness (QED) is 0.728. The molecule has 0 spiro atoms. The molecule has 0 radical (unpaired) electrons. The van der Waals surface area contributed by atoms with Gasteiger partial charge in [-0.3, -0.25) is 4.79 Å². The van der Waals surface area contributed by atoms with Crippen LogP contribution in [0.2, 0.25) is 0 Å². The molecule has 3 nitrogen and oxygen atoms in total. The van der Waals surface area contributed by atoms with Crippen LogP contribution in [-0.4, -0.2) is 42.2 Å². The number of nitrogens with zero attached hydrogens (tertiary/aromatic N) is 1. The average Bonchev–Trinajstić information content (AvgIpc) is 3.53. The molecule has 154 valence electrons. The van der Waals surface area contributed by atoms with Gasteiger partial charge in [-0.25, -0.2) is 4.39 Å². The molecule has 4 rings (SSSR count). The molecule has 4 heteroatoms. The van der Waals surface area contributed by atoms with Gasteiger partial charge in [0.2, 0.25) is 5.91 Å². The van der Waals surface area contributed by atoms with Crippen molar-refractivity contribution in [2.75, 3.05) is 19.6 Å². The lowest BCUT2D eigenvalue weighted by Gasteiger charge is -2.37. The predicted molar refractivity (Wildman–Crippen MR) is 111 cm³/mol. The maximum absolute atomic E-state index is 15.2. The van der Waals surface area contributed by atoms with Crippen LogP contribution in [0.5, 0.6) is 0 Å². The molecule has 2 unspecified atom stereocenters. The average molecular weight is 387 g/mol. The minimum atomic E-state index is -1.16. The molecule has 1 N–H and O–H groups in total. The minimum Gasteiger partial charge on any atom is -0.342 e. The number of halogens is 1. The van der Waals surface area contributed by atoms with E-state index in [2.05, 4.69) is 29.6 Å². The Bertz CT molecular complexity index is 635. The molecule has 0 bridgehead atoms. The van der Waals surface area contributed by atoms with Crippen LogP contribution in [0.1, 0.15) is 75.7 Å². The molecule has 1 amide bonds. The number of amides is 1. The molecular formula is C24H35FN2O. The Morgan fingerprint density at radius 3 is 2.54 bits per heavy atom. The Morgan fingerprint density at radius 1 is 1.11 bits per heavy atom. The lowest BCUT2D eigenvalue weighted by atomic mass is 9.86. The third kappa shape index (κ3) is 5.14. The van der Waals surface area contributed by atoms with Gasteiger partial charge in [0, 0.05) is 50.9 Å². The third-order valence-corrected chi connectivity index (χ3v) is 7.20. The summed E-state index contributed by atoms with van der Waals surface area (Å²) in [6.07, 6.45) is 10.3. The predicted octanol–water partition coefficient (Wildman–Crippen LogP) is 4.82. The SMILES string of the molecule is O=C(CCC1CCCCC1)N1CCC(F)(CNC2CC2c2ccccc2)CC1. The zero-order valence-corrected chi connectivity index (χ0v) is 17.0. The number of rotatable bonds is 7. The van der Waals surface area contributed by atoms with Gasteiger partial charge in [0.25, 0.3) is 0 Å². The summed E-state index contributed by atoms with van der Waals surface area (Å²) in [5.41, 5.74) is 0.190. The molecule has 2 atom stereocenters. The third-order valence-electron chi connectivity index (χ3n) is 7.20. The van der Waals surface area contributed by atoms with Crippen molar-refractivity contribution >= 4 is 5.91 Å². The van der Waals surface area contributed by atoms with Crippen molar-refractivity contribution in [2.24, 2.45) is 5.92 Å². The Hall–Kier alpha value is -1.42. The van der Waals surface area contributed by atoms with E-state index in [1.807, 2.05) is 11.0 Å². The highest BCUT2D eigenvalue weighted by Gasteiger charge is 2.41. The van der Waals surface area contributed by atoms with Crippen LogP contribution in [-0.2, 0) is 4.79 Å². The van der Waals surface area contributed by atoms with Crippen molar-refractivity contribution < 1.29 is 9.18 Å². The number of nitrogens with one attached hydrogen (secondary N) is 1. The molecule has 3 aliphatic rings. The molecule has 28 heavy (non-hydrogen) atoms. The molecule has 2 aliphatic carbocycles. The van der Waals surface area contributed by atoms with E-state index in [0.717, 1.165) is 18.8 Å². The van der Waals surface area contributed by atoms with E-state index in [4.69, 9.17) is 0 Å². The highest BCUT2D eigenvalue weighted by molar-refractivity contribution is 5.76. The van der Waals surface area contributed by atoms with E-state index >= 15 is 4.39 Å². The van der Waals surface area contributed by atoms with Crippen molar-refractivity contribution in [3.63, 3.8) is 0 Å². The first-order chi connectivity index (χ1) is 13.6. The van der Waals surface area contributed by atoms with Crippen LogP contribution in [0.15, 0.2) is 30.3 Å². The maximum atomic E-state index is 15.2. The zero-order valence-electron chi connectivity index (χ0n) is 17.0. The summed E-state index contributed by atoms with van der Waals surface area (Å²) in [5, 5.41) is 3.45. The fourth-order valence-corrected chi connectivity index (χ4v) is 5.10. The first kappa shape index (κ1) is 19.9. The lowest BCUT2D eigenvalue weighted by molar-refractivity contribution is -0.134. The number of piperidine rings is 1. The Balaban J connectivity index is 1.15. The molecule has 3 fully saturated rings. The lowest BCUT2D eigenvalue weighted by Crippen LogP contribution is -2.49. The van der Waals surface area contributed by atoms with Crippen LogP contribution in [0.4, 0.5) is 4.39 Å². The Kier molecular flexibility index (Phi) is 6.35. The van der Waals surface area contributed by atoms with E-state index in [1.54, 1.807) is 0 Å². The van der Waals surface area contributed by atoms with Crippen LogP contribution in [0.25, 0.3) is 0 Å². The van der Waals surface area contributed by atoms with Gasteiger partial charge < -0.3 is 10.2 Å². The molecule has 1 heterocycles. The topological polar surface area (TPSA) is 32.3 Å². The number of alkyl halides is 1. The summed E-state index contributed by atoms with van der Waals surface area (Å²) < 4.78 is 15.2. The van der Waals surface area contributed by atoms with Crippen molar-refractivity contribution in [3.8, 4) is 0 Å². The van der Waals surface area contributed by atoms with E-state index < -0.39 is 5.67 Å². The number of benzene rings is 1. The number of hydrogen-bond donors (Lipinski definition) is 1. The van der Waals surface area contributed by atoms with Gasteiger partial charge >= 0.3 is 0 Å². The standard InChI is InChI=1S/C24H35FN2O/c25-24(18-26-22-17-21(22)20-9-5-2-6-10-20)13-15-27(16-14-24)23(28)12-11-19-7-3-1-4-8-19/h2,5-6,9-10,19,21-22,26H,1,3-4,7-8,11-18H2. The van der Waals surface area contributed by atoms with Crippen molar-refractivity contribution in [1.82, 2.24) is 10.2 Å². The fraction of sp³-hybridized carbons (Fsp3) is 0.708. The number of carbonyl (C=O) groups is 1. The molecule has 0 aromatic heterocycles. The highest BCUT2D eigenvalue weighted by Crippen LogP contribution is 2.41. The van der Waals surface area contributed by atoms with Crippen LogP contribution in [0, 0.1) is 5.92 Å². The Labute approximate surface area is 169 Å². The summed E-state index contributed by atoms with van der Waals surface area (Å²) >= 11 is 0. The van der Waals surface area contributed by atoms with Gasteiger partial charge in [-0.15, -0.1) is 0 Å². The second-order valence-corrected chi connectivity index (χ2v) is 9.31. The normalized spacial score (nSPS) is 27.5. The van der Waals surface area contributed by atoms with Gasteiger partial charge in [0.1, 0.15) is 5.67 Å². The minimum absolute atomic E-state index is 0.243. The smallest absolute Gasteiger partial charge is 0.222 e. The van der Waals surface area contributed by atoms with E-state index in [-0.39, 0.29) is 5.91 Å². The maximum Gasteiger partial charge on any atom is 0.222 e. The summed E-state index contributed by atoms with van der Waals surface area (Å²) in [5.74, 6) is 1.52. The highest BCUT2D eigenvalue weighted by atomic mass is 19.1. The Morgan fingerprint density at radius 2 is 1.82 bits per heavy atom. The van der Waals surface area contributed by atoms with E-state index in [9.17, 15) is 4.79 Å². The summed E-state index contributed by atoms with van der Waals surface area (Å²) in [7, 11) is 0. The van der Waals surface area contributed by atoms with E-state index in [1.165, 1.54) is 37.7 Å². The second kappa shape index (κ2) is 8.94. The molecule has 1 aromatic carbocycles. The molecule has 2 saturated carbocycles. The largest absolute Gasteiger partial charge is 0.342 e. The second-order valence-electron chi connectivity index (χ2n) is 9.31. The van der Waals surface area contributed by atoms with Gasteiger partial charge in [-0.1, -0.05) is 62.4 Å². The van der Waals surface area contributed by atoms with Crippen molar-refractivity contribution in [2.45, 2.75) is 81.8 Å². The zero-order chi connectivity index (χ0) is 19.4. The first-order valence-corrected chi connectivity index (χ1v) is 11.4. The van der Waals surface area contributed by atoms with Gasteiger partial charge in [0.15, 0.2) is 0 Å². The van der Waals surface area contributed by atoms with Crippen LogP contribution in [0.3, 0.4) is 0 Å². The molecule has 1 aromatic rings. The van der Waals surface area contributed by atoms with Crippen LogP contribution < -0.4 is 5.32 Å². The summed E-state index contributed by atoms with van der Waals surface area (Å²) in [4.78, 5) is 14.4. The van der Waals surface area contributed by atoms with Crippen molar-refractivity contribution in [3.05, 3.63) is 35.9 Å². The summed E-state index contributed by atoms with van der Waals surface area (Å²) in [6, 6.07) is 10.9. The van der Waals surface area contributed by atoms with Crippen LogP contribution >= 0.6 is 0 Å². The van der Waals surface area contributed by atoms with Gasteiger partial charge in [-0.05, 0) is 24.3 Å². The van der Waals surface area contributed by atoms with Gasteiger partial charge in [-0.2, -0.15) is 0 Å². The molecule has 1 saturated heterocycles. The van der Waals surface area contributed by atoms with Gasteiger partial charge in [0.05, 0.1) is 0 Å².